The van der Waals surface area contributed by atoms with E-state index in [-0.39, 0.29) is 0 Å². The van der Waals surface area contributed by atoms with Crippen molar-refractivity contribution in [2.24, 2.45) is 5.73 Å². The van der Waals surface area contributed by atoms with Crippen molar-refractivity contribution < 1.29 is 4.74 Å². The van der Waals surface area contributed by atoms with Crippen LogP contribution in [-0.2, 0) is 6.54 Å². The van der Waals surface area contributed by atoms with Crippen molar-refractivity contribution in [3.05, 3.63) is 53.8 Å². The van der Waals surface area contributed by atoms with Crippen molar-refractivity contribution in [3.63, 3.8) is 0 Å². The van der Waals surface area contributed by atoms with Crippen molar-refractivity contribution in [2.45, 2.75) is 6.54 Å². The van der Waals surface area contributed by atoms with Gasteiger partial charge < -0.3 is 10.5 Å². The third-order valence-corrected chi connectivity index (χ3v) is 4.28. The standard InChI is InChI=1S/C16H15N3OS/c1-20-13-4-2-12(3-5-13)16-15(19-14(10-17)21-16)11-6-8-18-9-7-11/h2-9H,10,17H2,1H3. The number of aromatic nitrogens is 2. The second kappa shape index (κ2) is 6.03. The van der Waals surface area contributed by atoms with Crippen LogP contribution in [-0.4, -0.2) is 17.1 Å². The molecule has 4 nitrogen and oxygen atoms in total. The summed E-state index contributed by atoms with van der Waals surface area (Å²) in [5.74, 6) is 0.841. The predicted molar refractivity (Wildman–Crippen MR) is 85.2 cm³/mol. The van der Waals surface area contributed by atoms with Crippen LogP contribution in [0.4, 0.5) is 0 Å². The lowest BCUT2D eigenvalue weighted by molar-refractivity contribution is 0.415. The van der Waals surface area contributed by atoms with E-state index in [1.54, 1.807) is 30.8 Å². The summed E-state index contributed by atoms with van der Waals surface area (Å²) in [6.07, 6.45) is 3.54. The number of rotatable bonds is 4. The van der Waals surface area contributed by atoms with Gasteiger partial charge in [0.2, 0.25) is 0 Å². The average molecular weight is 297 g/mol. The topological polar surface area (TPSA) is 61.0 Å². The van der Waals surface area contributed by atoms with E-state index in [0.29, 0.717) is 6.54 Å². The molecule has 2 aromatic heterocycles. The van der Waals surface area contributed by atoms with Crippen LogP contribution in [0.25, 0.3) is 21.7 Å². The molecule has 0 bridgehead atoms. The molecule has 21 heavy (non-hydrogen) atoms. The normalized spacial score (nSPS) is 10.6. The number of methoxy groups -OCH3 is 1. The number of ether oxygens (including phenoxy) is 1. The maximum Gasteiger partial charge on any atom is 0.118 e. The van der Waals surface area contributed by atoms with Gasteiger partial charge in [-0.1, -0.05) is 0 Å². The van der Waals surface area contributed by atoms with Crippen LogP contribution in [0.1, 0.15) is 5.01 Å². The fraction of sp³-hybridized carbons (Fsp3) is 0.125. The van der Waals surface area contributed by atoms with Crippen LogP contribution < -0.4 is 10.5 Å². The van der Waals surface area contributed by atoms with Gasteiger partial charge in [-0.25, -0.2) is 4.98 Å². The first-order chi connectivity index (χ1) is 10.3. The number of hydrogen-bond donors (Lipinski definition) is 1. The zero-order valence-corrected chi connectivity index (χ0v) is 12.4. The van der Waals surface area contributed by atoms with Crippen molar-refractivity contribution in [1.82, 2.24) is 9.97 Å². The molecule has 0 aliphatic carbocycles. The van der Waals surface area contributed by atoms with Crippen LogP contribution in [0.15, 0.2) is 48.8 Å². The summed E-state index contributed by atoms with van der Waals surface area (Å²) in [6.45, 7) is 0.443. The van der Waals surface area contributed by atoms with E-state index < -0.39 is 0 Å². The Kier molecular flexibility index (Phi) is 3.94. The minimum atomic E-state index is 0.443. The fourth-order valence-corrected chi connectivity index (χ4v) is 3.07. The monoisotopic (exact) mass is 297 g/mol. The first kappa shape index (κ1) is 13.7. The average Bonchev–Trinajstić information content (AvgIpc) is 3.00. The number of nitrogens with zero attached hydrogens (tertiary/aromatic N) is 2. The van der Waals surface area contributed by atoms with Crippen molar-refractivity contribution in [3.8, 4) is 27.4 Å². The fourth-order valence-electron chi connectivity index (χ4n) is 2.10. The first-order valence-corrected chi connectivity index (χ1v) is 7.38. The highest BCUT2D eigenvalue weighted by Gasteiger charge is 2.14. The molecule has 3 rings (SSSR count). The van der Waals surface area contributed by atoms with Crippen molar-refractivity contribution in [2.75, 3.05) is 7.11 Å². The molecule has 2 heterocycles. The zero-order valence-electron chi connectivity index (χ0n) is 11.6. The maximum atomic E-state index is 5.75. The summed E-state index contributed by atoms with van der Waals surface area (Å²) in [7, 11) is 1.66. The minimum absolute atomic E-state index is 0.443. The van der Waals surface area contributed by atoms with Gasteiger partial charge in [0.25, 0.3) is 0 Å². The quantitative estimate of drug-likeness (QED) is 0.802. The molecule has 5 heteroatoms. The van der Waals surface area contributed by atoms with Crippen LogP contribution in [0, 0.1) is 0 Å². The highest BCUT2D eigenvalue weighted by Crippen LogP contribution is 2.37. The van der Waals surface area contributed by atoms with Crippen molar-refractivity contribution >= 4 is 11.3 Å². The van der Waals surface area contributed by atoms with Gasteiger partial charge in [0, 0.05) is 24.5 Å². The lowest BCUT2D eigenvalue weighted by atomic mass is 10.1. The molecule has 0 amide bonds. The van der Waals surface area contributed by atoms with Gasteiger partial charge in [0.1, 0.15) is 10.8 Å². The minimum Gasteiger partial charge on any atom is -0.497 e. The summed E-state index contributed by atoms with van der Waals surface area (Å²) in [5.41, 5.74) is 8.86. The molecule has 0 radical (unpaired) electrons. The number of pyridine rings is 1. The molecule has 0 fully saturated rings. The summed E-state index contributed by atoms with van der Waals surface area (Å²) >= 11 is 1.62. The molecular formula is C16H15N3OS. The SMILES string of the molecule is COc1ccc(-c2sc(CN)nc2-c2ccncc2)cc1. The Morgan fingerprint density at radius 3 is 2.38 bits per heavy atom. The van der Waals surface area contributed by atoms with E-state index in [1.807, 2.05) is 36.4 Å². The number of nitrogens with two attached hydrogens (primary N) is 1. The Morgan fingerprint density at radius 2 is 1.76 bits per heavy atom. The third kappa shape index (κ3) is 2.79. The van der Waals surface area contributed by atoms with Gasteiger partial charge in [-0.2, -0.15) is 0 Å². The van der Waals surface area contributed by atoms with Gasteiger partial charge in [0.15, 0.2) is 0 Å². The van der Waals surface area contributed by atoms with Gasteiger partial charge in [-0.15, -0.1) is 11.3 Å². The summed E-state index contributed by atoms with van der Waals surface area (Å²) in [6, 6.07) is 11.9. The van der Waals surface area contributed by atoms with Gasteiger partial charge in [0.05, 0.1) is 17.7 Å². The Labute approximate surface area is 127 Å². The molecule has 0 spiro atoms. The molecular weight excluding hydrogens is 282 g/mol. The van der Waals surface area contributed by atoms with Crippen LogP contribution >= 0.6 is 11.3 Å². The van der Waals surface area contributed by atoms with Crippen molar-refractivity contribution in [1.29, 1.82) is 0 Å². The molecule has 106 valence electrons. The lowest BCUT2D eigenvalue weighted by Crippen LogP contribution is -1.94. The van der Waals surface area contributed by atoms with E-state index in [9.17, 15) is 0 Å². The molecule has 3 aromatic rings. The highest BCUT2D eigenvalue weighted by molar-refractivity contribution is 7.15. The molecule has 0 aliphatic heterocycles. The Balaban J connectivity index is 2.10. The van der Waals surface area contributed by atoms with E-state index in [2.05, 4.69) is 9.97 Å². The van der Waals surface area contributed by atoms with Gasteiger partial charge in [-0.05, 0) is 42.0 Å². The lowest BCUT2D eigenvalue weighted by Gasteiger charge is -2.04. The van der Waals surface area contributed by atoms with E-state index in [0.717, 1.165) is 32.5 Å². The number of benzene rings is 1. The molecule has 0 saturated carbocycles. The molecule has 1 aromatic carbocycles. The van der Waals surface area contributed by atoms with E-state index >= 15 is 0 Å². The first-order valence-electron chi connectivity index (χ1n) is 6.56. The Morgan fingerprint density at radius 1 is 1.05 bits per heavy atom. The van der Waals surface area contributed by atoms with Crippen LogP contribution in [0.3, 0.4) is 0 Å². The second-order valence-corrected chi connectivity index (χ2v) is 5.54. The molecule has 2 N–H and O–H groups in total. The molecule has 0 saturated heterocycles. The smallest absolute Gasteiger partial charge is 0.118 e. The van der Waals surface area contributed by atoms with Crippen LogP contribution in [0.5, 0.6) is 5.75 Å². The molecule has 0 aliphatic rings. The summed E-state index contributed by atoms with van der Waals surface area (Å²) < 4.78 is 5.21. The van der Waals surface area contributed by atoms with Crippen LogP contribution in [0.2, 0.25) is 0 Å². The number of hydrogen-bond acceptors (Lipinski definition) is 5. The molecule has 0 atom stereocenters. The third-order valence-electron chi connectivity index (χ3n) is 3.15. The second-order valence-electron chi connectivity index (χ2n) is 4.45. The zero-order chi connectivity index (χ0) is 14.7. The Hall–Kier alpha value is -2.24. The maximum absolute atomic E-state index is 5.75. The predicted octanol–water partition coefficient (Wildman–Crippen LogP) is 3.34. The molecule has 0 unspecified atom stereocenters. The Bertz CT molecular complexity index is 723. The van der Waals surface area contributed by atoms with Gasteiger partial charge in [-0.3, -0.25) is 4.98 Å². The van der Waals surface area contributed by atoms with E-state index in [1.165, 1.54) is 0 Å². The number of thiazole rings is 1. The van der Waals surface area contributed by atoms with E-state index in [4.69, 9.17) is 10.5 Å². The summed E-state index contributed by atoms with van der Waals surface area (Å²) in [5, 5.41) is 0.924. The largest absolute Gasteiger partial charge is 0.497 e. The highest BCUT2D eigenvalue weighted by atomic mass is 32.1. The van der Waals surface area contributed by atoms with Gasteiger partial charge >= 0.3 is 0 Å². The summed E-state index contributed by atoms with van der Waals surface area (Å²) in [4.78, 5) is 9.82.